The molecule has 4 aromatic rings. The van der Waals surface area contributed by atoms with E-state index in [-0.39, 0.29) is 0 Å². The van der Waals surface area contributed by atoms with Crippen molar-refractivity contribution in [3.63, 3.8) is 0 Å². The summed E-state index contributed by atoms with van der Waals surface area (Å²) in [5.41, 5.74) is 3.10. The molecule has 11 heteroatoms. The van der Waals surface area contributed by atoms with Crippen molar-refractivity contribution in [1.29, 1.82) is 0 Å². The summed E-state index contributed by atoms with van der Waals surface area (Å²) in [5.74, 6) is 0.458. The van der Waals surface area contributed by atoms with E-state index in [9.17, 15) is 14.3 Å². The van der Waals surface area contributed by atoms with Gasteiger partial charge in [0.1, 0.15) is 42.2 Å². The molecule has 1 aliphatic heterocycles. The monoisotopic (exact) mass is 573 g/mol. The van der Waals surface area contributed by atoms with E-state index in [1.165, 1.54) is 24.2 Å². The van der Waals surface area contributed by atoms with Crippen molar-refractivity contribution in [2.45, 2.75) is 44.6 Å². The van der Waals surface area contributed by atoms with Gasteiger partial charge in [0.15, 0.2) is 0 Å². The Labute approximate surface area is 244 Å². The molecule has 0 spiro atoms. The van der Waals surface area contributed by atoms with E-state index in [1.807, 2.05) is 24.3 Å². The van der Waals surface area contributed by atoms with Gasteiger partial charge in [0.2, 0.25) is 0 Å². The maximum absolute atomic E-state index is 13.5. The second-order valence-corrected chi connectivity index (χ2v) is 10.4. The fourth-order valence-electron chi connectivity index (χ4n) is 5.10. The SMILES string of the molecule is O=C(O)C(CCN(CCCCc1ccc2c(n1)NCCC2)CCOc1cncc(F)c1)Nc1ncnc2ccccc12. The minimum Gasteiger partial charge on any atom is -0.491 e. The van der Waals surface area contributed by atoms with Crippen LogP contribution in [-0.2, 0) is 17.6 Å². The van der Waals surface area contributed by atoms with Crippen LogP contribution in [0.5, 0.6) is 5.75 Å². The lowest BCUT2D eigenvalue weighted by molar-refractivity contribution is -0.138. The number of anilines is 2. The third-order valence-electron chi connectivity index (χ3n) is 7.35. The summed E-state index contributed by atoms with van der Waals surface area (Å²) in [4.78, 5) is 31.6. The van der Waals surface area contributed by atoms with Gasteiger partial charge in [0.25, 0.3) is 0 Å². The van der Waals surface area contributed by atoms with Crippen molar-refractivity contribution in [3.8, 4) is 5.75 Å². The first-order chi connectivity index (χ1) is 20.5. The van der Waals surface area contributed by atoms with E-state index in [1.54, 1.807) is 0 Å². The molecule has 1 atom stereocenters. The molecular formula is C31H36FN7O3. The molecule has 1 aromatic carbocycles. The minimum absolute atomic E-state index is 0.324. The van der Waals surface area contributed by atoms with E-state index < -0.39 is 17.8 Å². The predicted molar refractivity (Wildman–Crippen MR) is 159 cm³/mol. The number of para-hydroxylation sites is 1. The summed E-state index contributed by atoms with van der Waals surface area (Å²) < 4.78 is 19.3. The maximum atomic E-state index is 13.5. The Kier molecular flexibility index (Phi) is 10.1. The van der Waals surface area contributed by atoms with Crippen LogP contribution in [0.4, 0.5) is 16.0 Å². The number of aryl methyl sites for hydroxylation is 2. The van der Waals surface area contributed by atoms with Crippen LogP contribution < -0.4 is 15.4 Å². The van der Waals surface area contributed by atoms with Crippen LogP contribution in [-0.4, -0.2) is 74.7 Å². The van der Waals surface area contributed by atoms with Gasteiger partial charge >= 0.3 is 5.97 Å². The van der Waals surface area contributed by atoms with Crippen LogP contribution in [0.3, 0.4) is 0 Å². The van der Waals surface area contributed by atoms with Crippen molar-refractivity contribution in [1.82, 2.24) is 24.8 Å². The molecule has 3 N–H and O–H groups in total. The maximum Gasteiger partial charge on any atom is 0.326 e. The zero-order chi connectivity index (χ0) is 29.1. The number of hydrogen-bond donors (Lipinski definition) is 3. The first kappa shape index (κ1) is 29.1. The molecule has 220 valence electrons. The average molecular weight is 574 g/mol. The summed E-state index contributed by atoms with van der Waals surface area (Å²) >= 11 is 0. The molecule has 0 fully saturated rings. The number of halogens is 1. The minimum atomic E-state index is -0.952. The molecule has 0 aliphatic carbocycles. The summed E-state index contributed by atoms with van der Waals surface area (Å²) in [6, 6.07) is 12.2. The first-order valence-electron chi connectivity index (χ1n) is 14.4. The highest BCUT2D eigenvalue weighted by molar-refractivity contribution is 5.90. The molecule has 0 radical (unpaired) electrons. The van der Waals surface area contributed by atoms with Crippen LogP contribution in [0.2, 0.25) is 0 Å². The smallest absolute Gasteiger partial charge is 0.326 e. The predicted octanol–water partition coefficient (Wildman–Crippen LogP) is 4.58. The number of nitrogens with zero attached hydrogens (tertiary/aromatic N) is 5. The van der Waals surface area contributed by atoms with Crippen molar-refractivity contribution >= 4 is 28.5 Å². The second kappa shape index (κ2) is 14.5. The number of hydrogen-bond acceptors (Lipinski definition) is 9. The van der Waals surface area contributed by atoms with Crippen molar-refractivity contribution < 1.29 is 19.0 Å². The highest BCUT2D eigenvalue weighted by Crippen LogP contribution is 2.21. The average Bonchev–Trinajstić information content (AvgIpc) is 3.00. The van der Waals surface area contributed by atoms with Crippen molar-refractivity contribution in [2.24, 2.45) is 0 Å². The summed E-state index contributed by atoms with van der Waals surface area (Å²) in [7, 11) is 0. The number of rotatable bonds is 15. The molecule has 1 aliphatic rings. The standard InChI is InChI=1S/C31H36FN7O3/c32-23-18-25(20-33-19-23)42-17-16-39(14-4-3-7-24-11-10-22-6-5-13-34-29(22)37-24)15-12-28(31(40)41)38-30-26-8-1-2-9-27(26)35-21-36-30/h1-2,8-11,18-21,28H,3-7,12-17H2,(H,34,37)(H,40,41)(H,35,36,38). The van der Waals surface area contributed by atoms with E-state index >= 15 is 0 Å². The third kappa shape index (κ3) is 8.10. The molecule has 1 unspecified atom stereocenters. The van der Waals surface area contributed by atoms with Crippen LogP contribution in [0.15, 0.2) is 61.2 Å². The Bertz CT molecular complexity index is 1480. The van der Waals surface area contributed by atoms with Gasteiger partial charge in [-0.2, -0.15) is 0 Å². The number of unbranched alkanes of at least 4 members (excludes halogenated alkanes) is 1. The van der Waals surface area contributed by atoms with Crippen LogP contribution in [0.25, 0.3) is 10.9 Å². The van der Waals surface area contributed by atoms with Crippen LogP contribution in [0.1, 0.15) is 36.9 Å². The zero-order valence-electron chi connectivity index (χ0n) is 23.5. The van der Waals surface area contributed by atoms with Gasteiger partial charge in [-0.25, -0.2) is 24.1 Å². The molecule has 4 heterocycles. The fraction of sp³-hybridized carbons (Fsp3) is 0.387. The number of carboxylic acid groups (broad SMARTS) is 1. The number of aromatic nitrogens is 4. The van der Waals surface area contributed by atoms with Gasteiger partial charge in [-0.05, 0) is 68.8 Å². The van der Waals surface area contributed by atoms with Crippen molar-refractivity contribution in [2.75, 3.05) is 43.4 Å². The molecule has 3 aromatic heterocycles. The summed E-state index contributed by atoms with van der Waals surface area (Å²) in [6.45, 7) is 3.13. The molecule has 0 bridgehead atoms. The van der Waals surface area contributed by atoms with E-state index in [0.29, 0.717) is 37.7 Å². The highest BCUT2D eigenvalue weighted by atomic mass is 19.1. The molecule has 42 heavy (non-hydrogen) atoms. The number of nitrogens with one attached hydrogen (secondary N) is 2. The first-order valence-corrected chi connectivity index (χ1v) is 14.4. The summed E-state index contributed by atoms with van der Waals surface area (Å²) in [6.07, 6.45) is 9.33. The lowest BCUT2D eigenvalue weighted by Gasteiger charge is -2.25. The number of pyridine rings is 2. The largest absolute Gasteiger partial charge is 0.491 e. The Morgan fingerprint density at radius 3 is 2.90 bits per heavy atom. The van der Waals surface area contributed by atoms with E-state index in [2.05, 4.69) is 42.6 Å². The second-order valence-electron chi connectivity index (χ2n) is 10.4. The highest BCUT2D eigenvalue weighted by Gasteiger charge is 2.20. The number of ether oxygens (including phenoxy) is 1. The molecule has 0 saturated heterocycles. The third-order valence-corrected chi connectivity index (χ3v) is 7.35. The van der Waals surface area contributed by atoms with Gasteiger partial charge in [-0.3, -0.25) is 9.88 Å². The Morgan fingerprint density at radius 1 is 1.12 bits per heavy atom. The fourth-order valence-corrected chi connectivity index (χ4v) is 5.10. The number of benzene rings is 1. The number of aliphatic carboxylic acids is 1. The van der Waals surface area contributed by atoms with Gasteiger partial charge in [0.05, 0.1) is 17.9 Å². The van der Waals surface area contributed by atoms with E-state index in [4.69, 9.17) is 9.72 Å². The van der Waals surface area contributed by atoms with Gasteiger partial charge < -0.3 is 20.5 Å². The molecule has 5 rings (SSSR count). The lowest BCUT2D eigenvalue weighted by atomic mass is 10.1. The number of carbonyl (C=O) groups is 1. The Hall–Kier alpha value is -4.38. The van der Waals surface area contributed by atoms with Gasteiger partial charge in [0, 0.05) is 36.8 Å². The van der Waals surface area contributed by atoms with Crippen LogP contribution in [0, 0.1) is 5.82 Å². The summed E-state index contributed by atoms with van der Waals surface area (Å²) in [5, 5.41) is 17.3. The normalized spacial score (nSPS) is 13.4. The Morgan fingerprint density at radius 2 is 2.02 bits per heavy atom. The van der Waals surface area contributed by atoms with Gasteiger partial charge in [-0.1, -0.05) is 18.2 Å². The molecule has 10 nitrogen and oxygen atoms in total. The lowest BCUT2D eigenvalue weighted by Crippen LogP contribution is -2.37. The molecule has 0 amide bonds. The zero-order valence-corrected chi connectivity index (χ0v) is 23.5. The molecular weight excluding hydrogens is 537 g/mol. The van der Waals surface area contributed by atoms with Gasteiger partial charge in [-0.15, -0.1) is 0 Å². The number of carboxylic acids is 1. The van der Waals surface area contributed by atoms with Crippen molar-refractivity contribution in [3.05, 3.63) is 78.3 Å². The van der Waals surface area contributed by atoms with E-state index in [0.717, 1.165) is 73.8 Å². The molecule has 0 saturated carbocycles. The topological polar surface area (TPSA) is 125 Å². The van der Waals surface area contributed by atoms with Crippen LogP contribution >= 0.6 is 0 Å². The Balaban J connectivity index is 1.18. The quantitative estimate of drug-likeness (QED) is 0.174. The number of fused-ring (bicyclic) bond motifs is 2.